The van der Waals surface area contributed by atoms with Crippen molar-refractivity contribution in [3.05, 3.63) is 30.1 Å². The Balaban J connectivity index is 1.76. The number of hydrogen-bond acceptors (Lipinski definition) is 3. The molecule has 106 valence electrons. The SMILES string of the molecule is CN(CC1(O)CCCC1)C(=O)c1ccc2nc[nH]c2c1. The van der Waals surface area contributed by atoms with Crippen LogP contribution in [0.15, 0.2) is 24.5 Å². The number of fused-ring (bicyclic) bond motifs is 1. The maximum Gasteiger partial charge on any atom is 0.253 e. The number of benzene rings is 1. The van der Waals surface area contributed by atoms with Crippen LogP contribution in [0, 0.1) is 0 Å². The van der Waals surface area contributed by atoms with E-state index in [0.29, 0.717) is 12.1 Å². The van der Waals surface area contributed by atoms with E-state index in [1.165, 1.54) is 0 Å². The summed E-state index contributed by atoms with van der Waals surface area (Å²) in [4.78, 5) is 21.2. The highest BCUT2D eigenvalue weighted by Gasteiger charge is 2.33. The summed E-state index contributed by atoms with van der Waals surface area (Å²) in [6.45, 7) is 0.396. The van der Waals surface area contributed by atoms with Gasteiger partial charge in [0.1, 0.15) is 0 Å². The van der Waals surface area contributed by atoms with E-state index in [2.05, 4.69) is 9.97 Å². The molecule has 2 N–H and O–H groups in total. The van der Waals surface area contributed by atoms with Gasteiger partial charge in [-0.2, -0.15) is 0 Å². The van der Waals surface area contributed by atoms with Gasteiger partial charge in [-0.1, -0.05) is 12.8 Å². The zero-order valence-electron chi connectivity index (χ0n) is 11.6. The van der Waals surface area contributed by atoms with Gasteiger partial charge < -0.3 is 15.0 Å². The number of H-pyrrole nitrogens is 1. The minimum Gasteiger partial charge on any atom is -0.388 e. The van der Waals surface area contributed by atoms with E-state index in [-0.39, 0.29) is 5.91 Å². The fraction of sp³-hybridized carbons (Fsp3) is 0.467. The van der Waals surface area contributed by atoms with Crippen LogP contribution in [-0.2, 0) is 0 Å². The van der Waals surface area contributed by atoms with Crippen LogP contribution in [-0.4, -0.2) is 45.1 Å². The summed E-state index contributed by atoms with van der Waals surface area (Å²) >= 11 is 0. The van der Waals surface area contributed by atoms with E-state index in [0.717, 1.165) is 36.7 Å². The Morgan fingerprint density at radius 3 is 2.95 bits per heavy atom. The Morgan fingerprint density at radius 1 is 1.45 bits per heavy atom. The largest absolute Gasteiger partial charge is 0.388 e. The Labute approximate surface area is 117 Å². The molecule has 0 radical (unpaired) electrons. The molecule has 1 aliphatic rings. The van der Waals surface area contributed by atoms with E-state index in [9.17, 15) is 9.90 Å². The van der Waals surface area contributed by atoms with Gasteiger partial charge in [0, 0.05) is 19.2 Å². The number of nitrogens with zero attached hydrogens (tertiary/aromatic N) is 2. The van der Waals surface area contributed by atoms with Crippen LogP contribution >= 0.6 is 0 Å². The molecule has 0 aliphatic heterocycles. The number of aliphatic hydroxyl groups is 1. The van der Waals surface area contributed by atoms with Crippen LogP contribution < -0.4 is 0 Å². The van der Waals surface area contributed by atoms with Gasteiger partial charge >= 0.3 is 0 Å². The summed E-state index contributed by atoms with van der Waals surface area (Å²) in [6, 6.07) is 5.41. The van der Waals surface area contributed by atoms with Crippen molar-refractivity contribution in [3.63, 3.8) is 0 Å². The van der Waals surface area contributed by atoms with Crippen molar-refractivity contribution in [2.24, 2.45) is 0 Å². The molecule has 0 bridgehead atoms. The molecule has 20 heavy (non-hydrogen) atoms. The second-order valence-electron chi connectivity index (χ2n) is 5.73. The third-order valence-corrected chi connectivity index (χ3v) is 4.08. The highest BCUT2D eigenvalue weighted by molar-refractivity contribution is 5.97. The first-order valence-electron chi connectivity index (χ1n) is 6.98. The fourth-order valence-electron chi connectivity index (χ4n) is 2.99. The molecule has 0 saturated heterocycles. The van der Waals surface area contributed by atoms with Gasteiger partial charge in [0.25, 0.3) is 5.91 Å². The Kier molecular flexibility index (Phi) is 3.22. The number of nitrogens with one attached hydrogen (secondary N) is 1. The molecule has 1 saturated carbocycles. The maximum absolute atomic E-state index is 12.4. The Hall–Kier alpha value is -1.88. The second kappa shape index (κ2) is 4.90. The number of likely N-dealkylation sites (N-methyl/N-ethyl adjacent to an activating group) is 1. The molecule has 1 aromatic carbocycles. The highest BCUT2D eigenvalue weighted by Crippen LogP contribution is 2.30. The zero-order chi connectivity index (χ0) is 14.2. The first-order valence-corrected chi connectivity index (χ1v) is 6.98. The Bertz CT molecular complexity index is 629. The number of amides is 1. The van der Waals surface area contributed by atoms with E-state index in [1.54, 1.807) is 30.4 Å². The Morgan fingerprint density at radius 2 is 2.20 bits per heavy atom. The standard InChI is InChI=1S/C15H19N3O2/c1-18(9-15(20)6-2-3-7-15)14(19)11-4-5-12-13(8-11)17-10-16-12/h4-5,8,10,20H,2-3,6-7,9H2,1H3,(H,16,17). The minimum absolute atomic E-state index is 0.0678. The van der Waals surface area contributed by atoms with E-state index in [1.807, 2.05) is 6.07 Å². The highest BCUT2D eigenvalue weighted by atomic mass is 16.3. The van der Waals surface area contributed by atoms with Gasteiger partial charge in [0.05, 0.1) is 23.0 Å². The third-order valence-electron chi connectivity index (χ3n) is 4.08. The van der Waals surface area contributed by atoms with Crippen molar-refractivity contribution < 1.29 is 9.90 Å². The lowest BCUT2D eigenvalue weighted by molar-refractivity contribution is 0.0157. The average molecular weight is 273 g/mol. The zero-order valence-corrected chi connectivity index (χ0v) is 11.6. The third kappa shape index (κ3) is 2.41. The van der Waals surface area contributed by atoms with Gasteiger partial charge in [0.15, 0.2) is 0 Å². The van der Waals surface area contributed by atoms with Gasteiger partial charge in [-0.3, -0.25) is 4.79 Å². The van der Waals surface area contributed by atoms with Crippen molar-refractivity contribution in [1.82, 2.24) is 14.9 Å². The number of hydrogen-bond donors (Lipinski definition) is 2. The minimum atomic E-state index is -0.706. The van der Waals surface area contributed by atoms with Crippen molar-refractivity contribution in [1.29, 1.82) is 0 Å². The van der Waals surface area contributed by atoms with Crippen molar-refractivity contribution in [2.45, 2.75) is 31.3 Å². The molecule has 0 spiro atoms. The molecule has 1 amide bonds. The molecule has 1 aromatic heterocycles. The number of aromatic amines is 1. The fourth-order valence-corrected chi connectivity index (χ4v) is 2.99. The predicted octanol–water partition coefficient (Wildman–Crippen LogP) is 1.94. The summed E-state index contributed by atoms with van der Waals surface area (Å²) in [5.74, 6) is -0.0678. The van der Waals surface area contributed by atoms with Crippen LogP contribution in [0.4, 0.5) is 0 Å². The first-order chi connectivity index (χ1) is 9.57. The summed E-state index contributed by atoms with van der Waals surface area (Å²) in [5, 5.41) is 10.4. The van der Waals surface area contributed by atoms with Gasteiger partial charge in [-0.25, -0.2) is 4.98 Å². The van der Waals surface area contributed by atoms with Crippen molar-refractivity contribution >= 4 is 16.9 Å². The lowest BCUT2D eigenvalue weighted by atomic mass is 10.0. The number of carbonyl (C=O) groups is 1. The second-order valence-corrected chi connectivity index (χ2v) is 5.73. The average Bonchev–Trinajstić information content (AvgIpc) is 3.05. The number of carbonyl (C=O) groups excluding carboxylic acids is 1. The maximum atomic E-state index is 12.4. The van der Waals surface area contributed by atoms with E-state index in [4.69, 9.17) is 0 Å². The van der Waals surface area contributed by atoms with Crippen LogP contribution in [0.2, 0.25) is 0 Å². The number of rotatable bonds is 3. The summed E-state index contributed by atoms with van der Waals surface area (Å²) in [6.07, 6.45) is 5.26. The smallest absolute Gasteiger partial charge is 0.253 e. The number of aromatic nitrogens is 2. The number of imidazole rings is 1. The van der Waals surface area contributed by atoms with E-state index < -0.39 is 5.60 Å². The predicted molar refractivity (Wildman–Crippen MR) is 76.5 cm³/mol. The molecule has 1 fully saturated rings. The quantitative estimate of drug-likeness (QED) is 0.898. The van der Waals surface area contributed by atoms with Crippen LogP contribution in [0.25, 0.3) is 11.0 Å². The van der Waals surface area contributed by atoms with Crippen LogP contribution in [0.1, 0.15) is 36.0 Å². The van der Waals surface area contributed by atoms with Crippen molar-refractivity contribution in [2.75, 3.05) is 13.6 Å². The van der Waals surface area contributed by atoms with Gasteiger partial charge in [0.2, 0.25) is 0 Å². The van der Waals surface area contributed by atoms with Crippen LogP contribution in [0.3, 0.4) is 0 Å². The van der Waals surface area contributed by atoms with Crippen molar-refractivity contribution in [3.8, 4) is 0 Å². The molecular weight excluding hydrogens is 254 g/mol. The lowest BCUT2D eigenvalue weighted by Gasteiger charge is -2.28. The molecule has 5 heteroatoms. The molecule has 1 aliphatic carbocycles. The van der Waals surface area contributed by atoms with Gasteiger partial charge in [-0.05, 0) is 31.0 Å². The summed E-state index contributed by atoms with van der Waals surface area (Å²) in [5.41, 5.74) is 1.61. The summed E-state index contributed by atoms with van der Waals surface area (Å²) < 4.78 is 0. The van der Waals surface area contributed by atoms with E-state index >= 15 is 0 Å². The molecule has 0 unspecified atom stereocenters. The molecule has 5 nitrogen and oxygen atoms in total. The molecule has 2 aromatic rings. The van der Waals surface area contributed by atoms with Crippen LogP contribution in [0.5, 0.6) is 0 Å². The lowest BCUT2D eigenvalue weighted by Crippen LogP contribution is -2.42. The molecule has 3 rings (SSSR count). The topological polar surface area (TPSA) is 69.2 Å². The molecular formula is C15H19N3O2. The summed E-state index contributed by atoms with van der Waals surface area (Å²) in [7, 11) is 1.75. The normalized spacial score (nSPS) is 17.5. The first kappa shape index (κ1) is 13.1. The van der Waals surface area contributed by atoms with Gasteiger partial charge in [-0.15, -0.1) is 0 Å². The monoisotopic (exact) mass is 273 g/mol. The molecule has 0 atom stereocenters. The molecule has 1 heterocycles.